The molecule has 0 aromatic carbocycles. The molecule has 3 aromatic rings. The summed E-state index contributed by atoms with van der Waals surface area (Å²) in [6.07, 6.45) is -0.0305. The first-order chi connectivity index (χ1) is 13.9. The average molecular weight is 404 g/mol. The van der Waals surface area contributed by atoms with Crippen LogP contribution in [-0.4, -0.2) is 82.5 Å². The highest BCUT2D eigenvalue weighted by Gasteiger charge is 2.44. The Morgan fingerprint density at radius 1 is 1.34 bits per heavy atom. The van der Waals surface area contributed by atoms with Gasteiger partial charge in [-0.3, -0.25) is 14.0 Å². The number of amides is 1. The minimum absolute atomic E-state index is 0.0364. The quantitative estimate of drug-likeness (QED) is 0.307. The minimum Gasteiger partial charge on any atom is -0.394 e. The zero-order valence-corrected chi connectivity index (χ0v) is 15.4. The molecule has 13 heteroatoms. The van der Waals surface area contributed by atoms with E-state index in [4.69, 9.17) is 10.5 Å². The Hall–Kier alpha value is -3.13. The van der Waals surface area contributed by atoms with Gasteiger partial charge in [0.25, 0.3) is 0 Å². The summed E-state index contributed by atoms with van der Waals surface area (Å²) in [5.41, 5.74) is 7.12. The number of aromatic nitrogens is 6. The second-order valence-electron chi connectivity index (χ2n) is 6.59. The van der Waals surface area contributed by atoms with Crippen LogP contribution in [0.25, 0.3) is 22.6 Å². The van der Waals surface area contributed by atoms with Gasteiger partial charge in [-0.25, -0.2) is 15.0 Å². The van der Waals surface area contributed by atoms with Crippen LogP contribution in [0.2, 0.25) is 0 Å². The molecular formula is C16H20N8O5. The van der Waals surface area contributed by atoms with E-state index in [0.717, 1.165) is 0 Å². The van der Waals surface area contributed by atoms with Crippen LogP contribution >= 0.6 is 0 Å². The number of nitrogens with one attached hydrogen (secondary N) is 1. The van der Waals surface area contributed by atoms with Crippen molar-refractivity contribution in [3.05, 3.63) is 18.7 Å². The van der Waals surface area contributed by atoms with Crippen molar-refractivity contribution in [1.82, 2.24) is 34.6 Å². The number of likely N-dealkylation sites (N-methyl/N-ethyl adjacent to an activating group) is 1. The van der Waals surface area contributed by atoms with Crippen LogP contribution in [0, 0.1) is 0 Å². The first-order valence-corrected chi connectivity index (χ1v) is 8.78. The van der Waals surface area contributed by atoms with Gasteiger partial charge in [0.05, 0.1) is 24.7 Å². The van der Waals surface area contributed by atoms with E-state index in [0.29, 0.717) is 11.1 Å². The van der Waals surface area contributed by atoms with E-state index < -0.39 is 31.1 Å². The van der Waals surface area contributed by atoms with Crippen LogP contribution in [0.3, 0.4) is 0 Å². The number of nitrogens with zero attached hydrogens (tertiary/aromatic N) is 6. The number of carbonyl (C=O) groups is 1. The van der Waals surface area contributed by atoms with Crippen molar-refractivity contribution in [3.8, 4) is 11.4 Å². The maximum atomic E-state index is 11.5. The topological polar surface area (TPSA) is 186 Å². The van der Waals surface area contributed by atoms with Gasteiger partial charge in [0.15, 0.2) is 23.5 Å². The Morgan fingerprint density at radius 2 is 2.14 bits per heavy atom. The van der Waals surface area contributed by atoms with Gasteiger partial charge >= 0.3 is 0 Å². The molecule has 1 saturated heterocycles. The number of imidazole rings is 1. The van der Waals surface area contributed by atoms with Crippen molar-refractivity contribution in [2.75, 3.05) is 19.4 Å². The fourth-order valence-corrected chi connectivity index (χ4v) is 3.16. The Morgan fingerprint density at radius 3 is 2.83 bits per heavy atom. The Balaban J connectivity index is 1.72. The number of hydrogen-bond donors (Lipinski definition) is 5. The standard InChI is InChI=1S/C16H20N8O5/c1-18-9(26)4-23-3-7(2-20-23)14-21-13(17)10-15(22-14)24(6-19-10)16-12(28)11(27)8(5-25)29-16/h2-3,6,8,11-12,16,25,27-28H,4-5H2,1H3,(H,18,26)(H2,17,21,22)/t8-,11-,12-,16-/m1/s1. The third-order valence-electron chi connectivity index (χ3n) is 4.72. The normalized spacial score (nSPS) is 24.3. The van der Waals surface area contributed by atoms with Crippen molar-refractivity contribution < 1.29 is 24.9 Å². The largest absolute Gasteiger partial charge is 0.394 e. The highest BCUT2D eigenvalue weighted by molar-refractivity contribution is 5.83. The summed E-state index contributed by atoms with van der Waals surface area (Å²) in [4.78, 5) is 24.4. The number of nitrogens with two attached hydrogens (primary N) is 1. The molecule has 4 heterocycles. The molecule has 1 fully saturated rings. The predicted molar refractivity (Wildman–Crippen MR) is 98.0 cm³/mol. The Labute approximate surface area is 163 Å². The lowest BCUT2D eigenvalue weighted by Crippen LogP contribution is -2.33. The first-order valence-electron chi connectivity index (χ1n) is 8.78. The van der Waals surface area contributed by atoms with E-state index in [1.807, 2.05) is 0 Å². The number of nitrogen functional groups attached to an aromatic ring is 1. The summed E-state index contributed by atoms with van der Waals surface area (Å²) in [5.74, 6) is 0.138. The SMILES string of the molecule is CNC(=O)Cn1cc(-c2nc(N)c3ncn([C@@H]4O[C@H](CO)[C@@H](O)[C@H]4O)c3n2)cn1. The molecule has 1 amide bonds. The molecule has 1 aliphatic rings. The van der Waals surface area contributed by atoms with Gasteiger partial charge in [-0.2, -0.15) is 5.10 Å². The molecule has 4 rings (SSSR count). The molecule has 0 radical (unpaired) electrons. The van der Waals surface area contributed by atoms with Crippen molar-refractivity contribution in [1.29, 1.82) is 0 Å². The van der Waals surface area contributed by atoms with Crippen LogP contribution in [0.15, 0.2) is 18.7 Å². The van der Waals surface area contributed by atoms with Gasteiger partial charge in [0.1, 0.15) is 30.4 Å². The number of fused-ring (bicyclic) bond motifs is 1. The molecule has 0 spiro atoms. The van der Waals surface area contributed by atoms with Crippen molar-refractivity contribution >= 4 is 22.9 Å². The Kier molecular flexibility index (Phi) is 4.87. The summed E-state index contributed by atoms with van der Waals surface area (Å²) in [6, 6.07) is 0. The van der Waals surface area contributed by atoms with E-state index >= 15 is 0 Å². The molecule has 0 saturated carbocycles. The monoisotopic (exact) mass is 404 g/mol. The molecule has 6 N–H and O–H groups in total. The first kappa shape index (κ1) is 19.2. The van der Waals surface area contributed by atoms with Gasteiger partial charge in [0.2, 0.25) is 5.91 Å². The summed E-state index contributed by atoms with van der Waals surface area (Å²) >= 11 is 0. The van der Waals surface area contributed by atoms with Crippen LogP contribution < -0.4 is 11.1 Å². The molecule has 0 unspecified atom stereocenters. The van der Waals surface area contributed by atoms with E-state index in [1.54, 1.807) is 6.20 Å². The minimum atomic E-state index is -1.29. The second-order valence-corrected chi connectivity index (χ2v) is 6.59. The zero-order chi connectivity index (χ0) is 20.7. The highest BCUT2D eigenvalue weighted by Crippen LogP contribution is 2.32. The van der Waals surface area contributed by atoms with Crippen LogP contribution in [0.4, 0.5) is 5.82 Å². The van der Waals surface area contributed by atoms with Crippen LogP contribution in [0.1, 0.15) is 6.23 Å². The summed E-state index contributed by atoms with van der Waals surface area (Å²) < 4.78 is 8.40. The molecule has 3 aromatic heterocycles. The molecule has 0 bridgehead atoms. The summed E-state index contributed by atoms with van der Waals surface area (Å²) in [7, 11) is 1.53. The smallest absolute Gasteiger partial charge is 0.241 e. The number of aliphatic hydroxyl groups excluding tert-OH is 3. The molecule has 154 valence electrons. The zero-order valence-electron chi connectivity index (χ0n) is 15.4. The lowest BCUT2D eigenvalue weighted by molar-refractivity contribution is -0.121. The maximum absolute atomic E-state index is 11.5. The summed E-state index contributed by atoms with van der Waals surface area (Å²) in [6.45, 7) is -0.414. The van der Waals surface area contributed by atoms with E-state index in [2.05, 4.69) is 25.4 Å². The van der Waals surface area contributed by atoms with Crippen LogP contribution in [0.5, 0.6) is 0 Å². The fraction of sp³-hybridized carbons (Fsp3) is 0.438. The van der Waals surface area contributed by atoms with Crippen LogP contribution in [-0.2, 0) is 16.1 Å². The highest BCUT2D eigenvalue weighted by atomic mass is 16.6. The molecule has 1 aliphatic heterocycles. The third-order valence-corrected chi connectivity index (χ3v) is 4.72. The van der Waals surface area contributed by atoms with E-state index in [9.17, 15) is 20.1 Å². The number of carbonyl (C=O) groups excluding carboxylic acids is 1. The number of aliphatic hydroxyl groups is 3. The number of hydrogen-bond acceptors (Lipinski definition) is 10. The summed E-state index contributed by atoms with van der Waals surface area (Å²) in [5, 5.41) is 36.2. The predicted octanol–water partition coefficient (Wildman–Crippen LogP) is -2.37. The fourth-order valence-electron chi connectivity index (χ4n) is 3.16. The van der Waals surface area contributed by atoms with Crippen molar-refractivity contribution in [2.45, 2.75) is 31.1 Å². The number of ether oxygens (including phenoxy) is 1. The van der Waals surface area contributed by atoms with E-state index in [-0.39, 0.29) is 29.7 Å². The van der Waals surface area contributed by atoms with E-state index in [1.165, 1.54) is 28.8 Å². The molecule has 0 aliphatic carbocycles. The molecule has 4 atom stereocenters. The molecule has 13 nitrogen and oxygen atoms in total. The van der Waals surface area contributed by atoms with Gasteiger partial charge in [-0.15, -0.1) is 0 Å². The number of rotatable bonds is 5. The third kappa shape index (κ3) is 3.29. The maximum Gasteiger partial charge on any atom is 0.241 e. The molecular weight excluding hydrogens is 384 g/mol. The second kappa shape index (κ2) is 7.36. The Bertz CT molecular complexity index is 1050. The average Bonchev–Trinajstić information content (AvgIpc) is 3.41. The van der Waals surface area contributed by atoms with Crippen molar-refractivity contribution in [2.24, 2.45) is 0 Å². The van der Waals surface area contributed by atoms with Gasteiger partial charge < -0.3 is 31.1 Å². The lowest BCUT2D eigenvalue weighted by Gasteiger charge is -2.16. The number of anilines is 1. The molecule has 29 heavy (non-hydrogen) atoms. The van der Waals surface area contributed by atoms with Gasteiger partial charge in [-0.1, -0.05) is 0 Å². The lowest BCUT2D eigenvalue weighted by atomic mass is 10.1. The van der Waals surface area contributed by atoms with Gasteiger partial charge in [-0.05, 0) is 0 Å². The van der Waals surface area contributed by atoms with Crippen molar-refractivity contribution in [3.63, 3.8) is 0 Å². The van der Waals surface area contributed by atoms with Gasteiger partial charge in [0, 0.05) is 13.2 Å².